The van der Waals surface area contributed by atoms with E-state index in [0.717, 1.165) is 27.8 Å². The van der Waals surface area contributed by atoms with Crippen molar-refractivity contribution in [3.05, 3.63) is 69.2 Å². The van der Waals surface area contributed by atoms with Crippen LogP contribution in [0, 0.1) is 32.6 Å². The summed E-state index contributed by atoms with van der Waals surface area (Å²) in [6.45, 7) is 8.56. The molecule has 0 bridgehead atoms. The highest BCUT2D eigenvalue weighted by Gasteiger charge is 2.46. The molecule has 0 aliphatic carbocycles. The van der Waals surface area contributed by atoms with E-state index in [-0.39, 0.29) is 17.7 Å². The molecule has 170 valence electrons. The Morgan fingerprint density at radius 1 is 1.00 bits per heavy atom. The summed E-state index contributed by atoms with van der Waals surface area (Å²) in [5.41, 5.74) is 9.97. The van der Waals surface area contributed by atoms with Crippen LogP contribution in [0.5, 0.6) is 0 Å². The molecule has 0 aromatic heterocycles. The van der Waals surface area contributed by atoms with Crippen molar-refractivity contribution in [1.29, 1.82) is 0 Å². The number of aryl methyl sites for hydroxylation is 3. The van der Waals surface area contributed by atoms with Crippen LogP contribution in [0.2, 0.25) is 5.02 Å². The van der Waals surface area contributed by atoms with E-state index in [1.807, 2.05) is 56.0 Å². The molecular weight excluding hydrogens is 426 g/mol. The van der Waals surface area contributed by atoms with Crippen LogP contribution in [0.15, 0.2) is 36.4 Å². The lowest BCUT2D eigenvalue weighted by molar-refractivity contribution is -0.129. The molecule has 0 saturated carbocycles. The Morgan fingerprint density at radius 2 is 1.59 bits per heavy atom. The standard InChI is InChI=1S/C25H30ClN3O3/c1-14-7-8-17(9-20(14)26)22(23(30)24(27)31)28-10-18-12-29(13-19(18)11-28)25(32)21-15(2)5-4-6-16(21)3/h4-9,18-19,22-23,30H,10-13H2,1-3H3,(H2,27,31). The number of halogens is 1. The summed E-state index contributed by atoms with van der Waals surface area (Å²) >= 11 is 6.32. The van der Waals surface area contributed by atoms with Crippen molar-refractivity contribution in [2.75, 3.05) is 26.2 Å². The number of primary amides is 1. The molecule has 2 amide bonds. The minimum atomic E-state index is -1.33. The van der Waals surface area contributed by atoms with E-state index < -0.39 is 18.1 Å². The van der Waals surface area contributed by atoms with E-state index in [9.17, 15) is 14.7 Å². The van der Waals surface area contributed by atoms with Gasteiger partial charge in [0.05, 0.1) is 6.04 Å². The minimum absolute atomic E-state index is 0.0839. The largest absolute Gasteiger partial charge is 0.381 e. The summed E-state index contributed by atoms with van der Waals surface area (Å²) in [6, 6.07) is 10.9. The fourth-order valence-corrected chi connectivity index (χ4v) is 5.46. The third-order valence-electron chi connectivity index (χ3n) is 7.02. The normalized spacial score (nSPS) is 22.6. The first-order chi connectivity index (χ1) is 15.2. The molecule has 2 heterocycles. The topological polar surface area (TPSA) is 86.9 Å². The van der Waals surface area contributed by atoms with E-state index in [4.69, 9.17) is 17.3 Å². The van der Waals surface area contributed by atoms with Crippen molar-refractivity contribution in [3.8, 4) is 0 Å². The van der Waals surface area contributed by atoms with Crippen molar-refractivity contribution >= 4 is 23.4 Å². The first kappa shape index (κ1) is 22.8. The van der Waals surface area contributed by atoms with Crippen LogP contribution in [0.1, 0.15) is 38.7 Å². The van der Waals surface area contributed by atoms with Gasteiger partial charge in [-0.05, 0) is 60.9 Å². The lowest BCUT2D eigenvalue weighted by Gasteiger charge is -2.32. The summed E-state index contributed by atoms with van der Waals surface area (Å²) in [5.74, 6) is -0.102. The van der Waals surface area contributed by atoms with Crippen LogP contribution in [0.3, 0.4) is 0 Å². The zero-order valence-corrected chi connectivity index (χ0v) is 19.5. The SMILES string of the molecule is Cc1ccc(C(C(O)C(N)=O)N2CC3CN(C(=O)c4c(C)cccc4C)CC3C2)cc1Cl. The summed E-state index contributed by atoms with van der Waals surface area (Å²) < 4.78 is 0. The monoisotopic (exact) mass is 455 g/mol. The molecule has 0 spiro atoms. The molecule has 0 radical (unpaired) electrons. The van der Waals surface area contributed by atoms with Gasteiger partial charge in [-0.3, -0.25) is 14.5 Å². The molecule has 4 atom stereocenters. The number of likely N-dealkylation sites (tertiary alicyclic amines) is 2. The van der Waals surface area contributed by atoms with Gasteiger partial charge < -0.3 is 15.7 Å². The molecule has 2 aromatic carbocycles. The molecule has 4 unspecified atom stereocenters. The molecule has 2 aliphatic heterocycles. The number of hydrogen-bond acceptors (Lipinski definition) is 4. The lowest BCUT2D eigenvalue weighted by Crippen LogP contribution is -2.44. The van der Waals surface area contributed by atoms with Gasteiger partial charge in [0.1, 0.15) is 0 Å². The van der Waals surface area contributed by atoms with E-state index in [0.29, 0.717) is 31.2 Å². The number of hydrogen-bond donors (Lipinski definition) is 2. The number of amides is 2. The third-order valence-corrected chi connectivity index (χ3v) is 7.43. The first-order valence-electron chi connectivity index (χ1n) is 11.0. The molecule has 3 N–H and O–H groups in total. The maximum atomic E-state index is 13.2. The number of nitrogens with zero attached hydrogens (tertiary/aromatic N) is 2. The summed E-state index contributed by atoms with van der Waals surface area (Å²) in [7, 11) is 0. The number of carbonyl (C=O) groups is 2. The van der Waals surface area contributed by atoms with Gasteiger partial charge in [-0.25, -0.2) is 0 Å². The average molecular weight is 456 g/mol. The molecule has 32 heavy (non-hydrogen) atoms. The second kappa shape index (κ2) is 8.85. The predicted molar refractivity (Wildman–Crippen MR) is 125 cm³/mol. The second-order valence-electron chi connectivity index (χ2n) is 9.25. The van der Waals surface area contributed by atoms with Crippen molar-refractivity contribution in [3.63, 3.8) is 0 Å². The Labute approximate surface area is 194 Å². The van der Waals surface area contributed by atoms with E-state index in [1.165, 1.54) is 0 Å². The van der Waals surface area contributed by atoms with Gasteiger partial charge in [-0.2, -0.15) is 0 Å². The van der Waals surface area contributed by atoms with Crippen molar-refractivity contribution in [1.82, 2.24) is 9.80 Å². The van der Waals surface area contributed by atoms with E-state index in [2.05, 4.69) is 4.90 Å². The zero-order valence-electron chi connectivity index (χ0n) is 18.7. The van der Waals surface area contributed by atoms with Crippen LogP contribution in [0.4, 0.5) is 0 Å². The molecule has 4 rings (SSSR count). The summed E-state index contributed by atoms with van der Waals surface area (Å²) in [4.78, 5) is 29.2. The number of benzene rings is 2. The van der Waals surface area contributed by atoms with Gasteiger partial charge in [-0.1, -0.05) is 41.9 Å². The summed E-state index contributed by atoms with van der Waals surface area (Å²) in [5, 5.41) is 11.2. The highest BCUT2D eigenvalue weighted by molar-refractivity contribution is 6.31. The summed E-state index contributed by atoms with van der Waals surface area (Å²) in [6.07, 6.45) is -1.33. The number of fused-ring (bicyclic) bond motifs is 1. The zero-order chi connectivity index (χ0) is 23.2. The fraction of sp³-hybridized carbons (Fsp3) is 0.440. The van der Waals surface area contributed by atoms with Gasteiger partial charge in [-0.15, -0.1) is 0 Å². The van der Waals surface area contributed by atoms with Gasteiger partial charge >= 0.3 is 0 Å². The Balaban J connectivity index is 1.52. The second-order valence-corrected chi connectivity index (χ2v) is 9.66. The van der Waals surface area contributed by atoms with Gasteiger partial charge in [0.15, 0.2) is 6.10 Å². The van der Waals surface area contributed by atoms with E-state index in [1.54, 1.807) is 6.07 Å². The number of aliphatic hydroxyl groups excluding tert-OH is 1. The molecule has 2 aliphatic rings. The van der Waals surface area contributed by atoms with Crippen LogP contribution in [0.25, 0.3) is 0 Å². The van der Waals surface area contributed by atoms with Crippen molar-refractivity contribution in [2.45, 2.75) is 32.9 Å². The van der Waals surface area contributed by atoms with Crippen molar-refractivity contribution in [2.24, 2.45) is 17.6 Å². The molecule has 2 fully saturated rings. The van der Waals surface area contributed by atoms with Gasteiger partial charge in [0, 0.05) is 36.8 Å². The van der Waals surface area contributed by atoms with Crippen LogP contribution in [-0.4, -0.2) is 59.0 Å². The Bertz CT molecular complexity index is 1020. The van der Waals surface area contributed by atoms with Crippen molar-refractivity contribution < 1.29 is 14.7 Å². The maximum Gasteiger partial charge on any atom is 0.254 e. The number of nitrogens with two attached hydrogens (primary N) is 1. The maximum absolute atomic E-state index is 13.2. The highest BCUT2D eigenvalue weighted by atomic mass is 35.5. The Morgan fingerprint density at radius 3 is 2.12 bits per heavy atom. The average Bonchev–Trinajstić information content (AvgIpc) is 3.29. The lowest BCUT2D eigenvalue weighted by atomic mass is 9.98. The van der Waals surface area contributed by atoms with Gasteiger partial charge in [0.25, 0.3) is 5.91 Å². The minimum Gasteiger partial charge on any atom is -0.381 e. The number of carbonyl (C=O) groups excluding carboxylic acids is 2. The van der Waals surface area contributed by atoms with E-state index >= 15 is 0 Å². The molecule has 2 aromatic rings. The quantitative estimate of drug-likeness (QED) is 0.725. The Hall–Kier alpha value is -2.41. The van der Waals surface area contributed by atoms with Crippen LogP contribution in [-0.2, 0) is 4.79 Å². The molecule has 7 heteroatoms. The molecular formula is C25H30ClN3O3. The van der Waals surface area contributed by atoms with Crippen LogP contribution >= 0.6 is 11.6 Å². The highest BCUT2D eigenvalue weighted by Crippen LogP contribution is 2.38. The van der Waals surface area contributed by atoms with Gasteiger partial charge in [0.2, 0.25) is 5.91 Å². The predicted octanol–water partition coefficient (Wildman–Crippen LogP) is 2.86. The third kappa shape index (κ3) is 4.15. The molecule has 2 saturated heterocycles. The number of rotatable bonds is 5. The smallest absolute Gasteiger partial charge is 0.254 e. The molecule has 6 nitrogen and oxygen atoms in total. The van der Waals surface area contributed by atoms with Crippen LogP contribution < -0.4 is 5.73 Å². The fourth-order valence-electron chi connectivity index (χ4n) is 5.27. The number of aliphatic hydroxyl groups is 1. The first-order valence-corrected chi connectivity index (χ1v) is 11.4. The Kier molecular flexibility index (Phi) is 6.30.